The molecule has 1 N–H and O–H groups in total. The van der Waals surface area contributed by atoms with Crippen LogP contribution in [-0.2, 0) is 0 Å². The summed E-state index contributed by atoms with van der Waals surface area (Å²) in [6.45, 7) is 4.99. The van der Waals surface area contributed by atoms with E-state index in [1.54, 1.807) is 0 Å². The maximum absolute atomic E-state index is 5.63. The molecule has 0 fully saturated rings. The lowest BCUT2D eigenvalue weighted by atomic mass is 10.1. The lowest BCUT2D eigenvalue weighted by Crippen LogP contribution is -2.04. The Bertz CT molecular complexity index is 540. The minimum absolute atomic E-state index is 0.528. The van der Waals surface area contributed by atoms with Gasteiger partial charge in [0.25, 0.3) is 0 Å². The Morgan fingerprint density at radius 2 is 1.89 bits per heavy atom. The average Bonchev–Trinajstić information content (AvgIpc) is 2.38. The van der Waals surface area contributed by atoms with Gasteiger partial charge in [0, 0.05) is 5.56 Å². The summed E-state index contributed by atoms with van der Waals surface area (Å²) in [5, 5.41) is 6.97. The molecule has 0 bridgehead atoms. The third-order valence-corrected chi connectivity index (χ3v) is 2.64. The smallest absolute Gasteiger partial charge is 0.119 e. The fourth-order valence-electron chi connectivity index (χ4n) is 1.49. The monoisotopic (exact) mass is 260 g/mol. The number of H-pyrrole nitrogens is 1. The highest BCUT2D eigenvalue weighted by molar-refractivity contribution is 7.71. The van der Waals surface area contributed by atoms with Crippen LogP contribution in [0.4, 0.5) is 0 Å². The summed E-state index contributed by atoms with van der Waals surface area (Å²) in [5.41, 5.74) is 1.91. The second-order valence-corrected chi connectivity index (χ2v) is 4.98. The highest BCUT2D eigenvalue weighted by Gasteiger charge is 2.00. The van der Waals surface area contributed by atoms with Crippen LogP contribution in [0.5, 0.6) is 5.75 Å². The molecule has 0 radical (unpaired) electrons. The fourth-order valence-corrected chi connectivity index (χ4v) is 1.60. The summed E-state index contributed by atoms with van der Waals surface area (Å²) in [5.74, 6) is 1.41. The van der Waals surface area contributed by atoms with Gasteiger partial charge in [-0.05, 0) is 42.3 Å². The molecule has 0 saturated carbocycles. The van der Waals surface area contributed by atoms with Crippen molar-refractivity contribution in [3.05, 3.63) is 41.0 Å². The van der Waals surface area contributed by atoms with Gasteiger partial charge in [-0.15, -0.1) is 0 Å². The lowest BCUT2D eigenvalue weighted by molar-refractivity contribution is 0.271. The molecule has 0 atom stereocenters. The Labute approximate surface area is 112 Å². The minimum Gasteiger partial charge on any atom is -0.493 e. The number of hydrogen-bond acceptors (Lipinski definition) is 3. The van der Waals surface area contributed by atoms with Gasteiger partial charge in [0.05, 0.1) is 12.3 Å². The third kappa shape index (κ3) is 3.40. The van der Waals surface area contributed by atoms with Gasteiger partial charge in [0.15, 0.2) is 0 Å². The Kier molecular flexibility index (Phi) is 4.10. The summed E-state index contributed by atoms with van der Waals surface area (Å²) in [4.78, 5) is 0. The van der Waals surface area contributed by atoms with Gasteiger partial charge in [-0.25, -0.2) is 0 Å². The first-order chi connectivity index (χ1) is 8.65. The minimum atomic E-state index is 0.528. The van der Waals surface area contributed by atoms with Crippen molar-refractivity contribution in [2.24, 2.45) is 5.92 Å². The summed E-state index contributed by atoms with van der Waals surface area (Å²) in [7, 11) is 0. The standard InChI is InChI=1S/C14H16N2OS/c1-10(2)9-17-12-5-3-11(4-6-12)13-7-8-14(18)16-15-13/h3-8,10H,9H2,1-2H3,(H,16,18). The van der Waals surface area contributed by atoms with Gasteiger partial charge >= 0.3 is 0 Å². The molecule has 0 unspecified atom stereocenters. The van der Waals surface area contributed by atoms with Crippen molar-refractivity contribution in [1.82, 2.24) is 10.2 Å². The molecule has 1 aromatic heterocycles. The molecule has 0 saturated heterocycles. The van der Waals surface area contributed by atoms with Crippen molar-refractivity contribution in [3.63, 3.8) is 0 Å². The molecule has 2 aromatic rings. The Balaban J connectivity index is 2.12. The predicted octanol–water partition coefficient (Wildman–Crippen LogP) is 3.84. The first-order valence-corrected chi connectivity index (χ1v) is 6.35. The van der Waals surface area contributed by atoms with Crippen molar-refractivity contribution in [3.8, 4) is 17.0 Å². The van der Waals surface area contributed by atoms with E-state index in [-0.39, 0.29) is 0 Å². The second kappa shape index (κ2) is 5.78. The van der Waals surface area contributed by atoms with Crippen molar-refractivity contribution in [1.29, 1.82) is 0 Å². The molecular weight excluding hydrogens is 244 g/mol. The van der Waals surface area contributed by atoms with Crippen molar-refractivity contribution < 1.29 is 4.74 Å². The van der Waals surface area contributed by atoms with Crippen LogP contribution in [0.25, 0.3) is 11.3 Å². The number of aromatic amines is 1. The summed E-state index contributed by atoms with van der Waals surface area (Å²) < 4.78 is 6.27. The lowest BCUT2D eigenvalue weighted by Gasteiger charge is -2.09. The van der Waals surface area contributed by atoms with E-state index in [0.29, 0.717) is 10.6 Å². The van der Waals surface area contributed by atoms with Gasteiger partial charge in [-0.1, -0.05) is 26.1 Å². The van der Waals surface area contributed by atoms with Crippen LogP contribution >= 0.6 is 12.2 Å². The van der Waals surface area contributed by atoms with E-state index in [1.165, 1.54) is 0 Å². The van der Waals surface area contributed by atoms with Crippen molar-refractivity contribution in [2.75, 3.05) is 6.61 Å². The zero-order valence-corrected chi connectivity index (χ0v) is 11.3. The van der Waals surface area contributed by atoms with Crippen molar-refractivity contribution in [2.45, 2.75) is 13.8 Å². The molecule has 1 aromatic carbocycles. The number of ether oxygens (including phenoxy) is 1. The third-order valence-electron chi connectivity index (χ3n) is 2.41. The summed E-state index contributed by atoms with van der Waals surface area (Å²) >= 11 is 4.96. The van der Waals surface area contributed by atoms with E-state index < -0.39 is 0 Å². The van der Waals surface area contributed by atoms with Crippen LogP contribution in [0.2, 0.25) is 0 Å². The van der Waals surface area contributed by atoms with E-state index in [9.17, 15) is 0 Å². The summed E-state index contributed by atoms with van der Waals surface area (Å²) in [6.07, 6.45) is 0. The number of benzene rings is 1. The number of nitrogens with one attached hydrogen (secondary N) is 1. The molecule has 94 valence electrons. The molecule has 3 nitrogen and oxygen atoms in total. The van der Waals surface area contributed by atoms with E-state index in [2.05, 4.69) is 24.0 Å². The quantitative estimate of drug-likeness (QED) is 0.849. The van der Waals surface area contributed by atoms with Gasteiger partial charge < -0.3 is 4.74 Å². The molecular formula is C14H16N2OS. The Hall–Kier alpha value is -1.68. The number of aromatic nitrogens is 2. The zero-order chi connectivity index (χ0) is 13.0. The molecule has 0 aliphatic rings. The first-order valence-electron chi connectivity index (χ1n) is 5.94. The van der Waals surface area contributed by atoms with E-state index in [0.717, 1.165) is 23.6 Å². The van der Waals surface area contributed by atoms with Crippen LogP contribution in [-0.4, -0.2) is 16.8 Å². The first kappa shape index (κ1) is 12.8. The van der Waals surface area contributed by atoms with Crippen LogP contribution in [0.15, 0.2) is 36.4 Å². The maximum atomic E-state index is 5.63. The molecule has 0 aliphatic carbocycles. The SMILES string of the molecule is CC(C)COc1ccc(-c2ccc(=S)[nH]n2)cc1. The van der Waals surface area contributed by atoms with Crippen LogP contribution in [0, 0.1) is 10.6 Å². The molecule has 0 amide bonds. The van der Waals surface area contributed by atoms with Gasteiger partial charge in [-0.2, -0.15) is 5.10 Å². The van der Waals surface area contributed by atoms with E-state index >= 15 is 0 Å². The van der Waals surface area contributed by atoms with Gasteiger partial charge in [-0.3, -0.25) is 5.10 Å². The molecule has 2 rings (SSSR count). The van der Waals surface area contributed by atoms with Gasteiger partial charge in [0.1, 0.15) is 10.4 Å². The highest BCUT2D eigenvalue weighted by Crippen LogP contribution is 2.20. The fraction of sp³-hybridized carbons (Fsp3) is 0.286. The molecule has 4 heteroatoms. The molecule has 18 heavy (non-hydrogen) atoms. The number of nitrogens with zero attached hydrogens (tertiary/aromatic N) is 1. The normalized spacial score (nSPS) is 10.6. The topological polar surface area (TPSA) is 37.9 Å². The van der Waals surface area contributed by atoms with Gasteiger partial charge in [0.2, 0.25) is 0 Å². The highest BCUT2D eigenvalue weighted by atomic mass is 32.1. The molecule has 0 spiro atoms. The largest absolute Gasteiger partial charge is 0.493 e. The van der Waals surface area contributed by atoms with E-state index in [4.69, 9.17) is 17.0 Å². The average molecular weight is 260 g/mol. The van der Waals surface area contributed by atoms with Crippen LogP contribution < -0.4 is 4.74 Å². The maximum Gasteiger partial charge on any atom is 0.119 e. The van der Waals surface area contributed by atoms with E-state index in [1.807, 2.05) is 36.4 Å². The summed E-state index contributed by atoms with van der Waals surface area (Å²) in [6, 6.07) is 11.6. The second-order valence-electron chi connectivity index (χ2n) is 4.54. The van der Waals surface area contributed by atoms with Crippen LogP contribution in [0.1, 0.15) is 13.8 Å². The van der Waals surface area contributed by atoms with Crippen molar-refractivity contribution >= 4 is 12.2 Å². The Morgan fingerprint density at radius 1 is 1.17 bits per heavy atom. The molecule has 0 aliphatic heterocycles. The molecule has 1 heterocycles. The van der Waals surface area contributed by atoms with Crippen LogP contribution in [0.3, 0.4) is 0 Å². The number of hydrogen-bond donors (Lipinski definition) is 1. The predicted molar refractivity (Wildman–Crippen MR) is 75.2 cm³/mol. The zero-order valence-electron chi connectivity index (χ0n) is 10.5. The Morgan fingerprint density at radius 3 is 2.44 bits per heavy atom. The number of rotatable bonds is 4.